The van der Waals surface area contributed by atoms with E-state index in [1.165, 1.54) is 12.8 Å². The SMILES string of the molecule is Cc1onnc1C1CCCCN1. The molecule has 0 saturated carbocycles. The largest absolute Gasteiger partial charge is 0.342 e. The molecule has 1 N–H and O–H groups in total. The summed E-state index contributed by atoms with van der Waals surface area (Å²) in [7, 11) is 0. The van der Waals surface area contributed by atoms with Crippen molar-refractivity contribution in [1.29, 1.82) is 0 Å². The number of hydrogen-bond donors (Lipinski definition) is 1. The van der Waals surface area contributed by atoms with Gasteiger partial charge in [0.2, 0.25) is 0 Å². The Morgan fingerprint density at radius 2 is 2.42 bits per heavy atom. The molecule has 1 unspecified atom stereocenters. The second-order valence-corrected chi connectivity index (χ2v) is 3.22. The molecule has 0 amide bonds. The zero-order valence-electron chi connectivity index (χ0n) is 7.21. The summed E-state index contributed by atoms with van der Waals surface area (Å²) >= 11 is 0. The van der Waals surface area contributed by atoms with Crippen molar-refractivity contribution in [3.63, 3.8) is 0 Å². The molecule has 1 aromatic rings. The molecular weight excluding hydrogens is 154 g/mol. The third-order valence-electron chi connectivity index (χ3n) is 2.33. The van der Waals surface area contributed by atoms with Crippen LogP contribution in [0.4, 0.5) is 0 Å². The lowest BCUT2D eigenvalue weighted by Gasteiger charge is -2.21. The molecule has 2 heterocycles. The van der Waals surface area contributed by atoms with Crippen LogP contribution in [0, 0.1) is 6.92 Å². The van der Waals surface area contributed by atoms with Gasteiger partial charge in [0, 0.05) is 5.27 Å². The van der Waals surface area contributed by atoms with Gasteiger partial charge in [-0.1, -0.05) is 6.42 Å². The maximum absolute atomic E-state index is 4.92. The first-order valence-electron chi connectivity index (χ1n) is 4.40. The molecule has 0 spiro atoms. The van der Waals surface area contributed by atoms with Crippen LogP contribution < -0.4 is 5.32 Å². The van der Waals surface area contributed by atoms with Crippen LogP contribution in [-0.4, -0.2) is 16.9 Å². The van der Waals surface area contributed by atoms with Crippen LogP contribution in [0.5, 0.6) is 0 Å². The highest BCUT2D eigenvalue weighted by Gasteiger charge is 2.20. The number of nitrogens with zero attached hydrogens (tertiary/aromatic N) is 2. The Bertz CT molecular complexity index is 253. The van der Waals surface area contributed by atoms with E-state index >= 15 is 0 Å². The van der Waals surface area contributed by atoms with Gasteiger partial charge >= 0.3 is 0 Å². The van der Waals surface area contributed by atoms with Crippen molar-refractivity contribution in [3.05, 3.63) is 11.5 Å². The lowest BCUT2D eigenvalue weighted by Crippen LogP contribution is -2.27. The second kappa shape index (κ2) is 3.23. The van der Waals surface area contributed by atoms with Gasteiger partial charge in [-0.05, 0) is 26.3 Å². The summed E-state index contributed by atoms with van der Waals surface area (Å²) in [6.45, 7) is 2.99. The summed E-state index contributed by atoms with van der Waals surface area (Å²) in [5, 5.41) is 10.9. The van der Waals surface area contributed by atoms with Gasteiger partial charge in [0.25, 0.3) is 0 Å². The highest BCUT2D eigenvalue weighted by Crippen LogP contribution is 2.22. The minimum atomic E-state index is 0.366. The highest BCUT2D eigenvalue weighted by atomic mass is 16.5. The quantitative estimate of drug-likeness (QED) is 0.682. The van der Waals surface area contributed by atoms with Crippen LogP contribution in [0.2, 0.25) is 0 Å². The van der Waals surface area contributed by atoms with Crippen molar-refractivity contribution < 1.29 is 4.52 Å². The molecule has 4 heteroatoms. The highest BCUT2D eigenvalue weighted by molar-refractivity contribution is 5.09. The molecule has 0 aliphatic carbocycles. The van der Waals surface area contributed by atoms with E-state index in [-0.39, 0.29) is 0 Å². The van der Waals surface area contributed by atoms with E-state index < -0.39 is 0 Å². The lowest BCUT2D eigenvalue weighted by atomic mass is 10.0. The van der Waals surface area contributed by atoms with E-state index in [1.54, 1.807) is 0 Å². The Labute approximate surface area is 71.3 Å². The summed E-state index contributed by atoms with van der Waals surface area (Å²) in [6.07, 6.45) is 3.68. The van der Waals surface area contributed by atoms with Gasteiger partial charge in [-0.25, -0.2) is 0 Å². The Morgan fingerprint density at radius 1 is 1.50 bits per heavy atom. The summed E-state index contributed by atoms with van der Waals surface area (Å²) in [4.78, 5) is 0. The van der Waals surface area contributed by atoms with Crippen LogP contribution in [0.1, 0.15) is 36.8 Å². The minimum absolute atomic E-state index is 0.366. The predicted octanol–water partition coefficient (Wildman–Crippen LogP) is 1.19. The Morgan fingerprint density at radius 3 is 3.00 bits per heavy atom. The van der Waals surface area contributed by atoms with Gasteiger partial charge < -0.3 is 9.84 Å². The van der Waals surface area contributed by atoms with E-state index in [9.17, 15) is 0 Å². The average Bonchev–Trinajstić information content (AvgIpc) is 2.53. The topological polar surface area (TPSA) is 51.0 Å². The lowest BCUT2D eigenvalue weighted by molar-refractivity contribution is 0.372. The van der Waals surface area contributed by atoms with Crippen LogP contribution in [0.15, 0.2) is 4.52 Å². The van der Waals surface area contributed by atoms with Crippen molar-refractivity contribution >= 4 is 0 Å². The average molecular weight is 167 g/mol. The number of rotatable bonds is 1. The number of aromatic nitrogens is 2. The molecule has 4 nitrogen and oxygen atoms in total. The van der Waals surface area contributed by atoms with E-state index in [0.29, 0.717) is 6.04 Å². The van der Waals surface area contributed by atoms with E-state index in [1.807, 2.05) is 6.92 Å². The zero-order valence-corrected chi connectivity index (χ0v) is 7.21. The van der Waals surface area contributed by atoms with Gasteiger partial charge in [0.1, 0.15) is 5.69 Å². The number of piperidine rings is 1. The predicted molar refractivity (Wildman–Crippen MR) is 43.6 cm³/mol. The van der Waals surface area contributed by atoms with Crippen molar-refractivity contribution in [1.82, 2.24) is 15.7 Å². The van der Waals surface area contributed by atoms with Crippen LogP contribution >= 0.6 is 0 Å². The fourth-order valence-corrected chi connectivity index (χ4v) is 1.64. The van der Waals surface area contributed by atoms with Crippen molar-refractivity contribution in [2.45, 2.75) is 32.2 Å². The monoisotopic (exact) mass is 167 g/mol. The summed E-state index contributed by atoms with van der Waals surface area (Å²) in [5.74, 6) is 0.842. The minimum Gasteiger partial charge on any atom is -0.342 e. The Kier molecular flexibility index (Phi) is 2.08. The van der Waals surface area contributed by atoms with Gasteiger partial charge in [-0.2, -0.15) is 0 Å². The molecule has 0 aromatic carbocycles. The molecule has 1 fully saturated rings. The van der Waals surface area contributed by atoms with E-state index in [4.69, 9.17) is 4.52 Å². The van der Waals surface area contributed by atoms with Crippen LogP contribution in [0.3, 0.4) is 0 Å². The number of hydrogen-bond acceptors (Lipinski definition) is 4. The zero-order chi connectivity index (χ0) is 8.39. The smallest absolute Gasteiger partial charge is 0.158 e. The first-order valence-corrected chi connectivity index (χ1v) is 4.40. The standard InChI is InChI=1S/C8H13N3O/c1-6-8(10-11-12-6)7-4-2-3-5-9-7/h7,9H,2-5H2,1H3. The summed E-state index contributed by atoms with van der Waals surface area (Å²) < 4.78 is 4.92. The maximum Gasteiger partial charge on any atom is 0.158 e. The number of aryl methyl sites for hydroxylation is 1. The van der Waals surface area contributed by atoms with Gasteiger partial charge in [-0.15, -0.1) is 5.10 Å². The Balaban J connectivity index is 2.13. The number of nitrogens with one attached hydrogen (secondary N) is 1. The molecule has 0 bridgehead atoms. The van der Waals surface area contributed by atoms with Crippen molar-refractivity contribution in [2.24, 2.45) is 0 Å². The molecule has 1 aromatic heterocycles. The molecule has 2 rings (SSSR count). The van der Waals surface area contributed by atoms with Crippen LogP contribution in [-0.2, 0) is 0 Å². The fourth-order valence-electron chi connectivity index (χ4n) is 1.64. The van der Waals surface area contributed by atoms with Gasteiger partial charge in [0.15, 0.2) is 5.76 Å². The maximum atomic E-state index is 4.92. The normalized spacial score (nSPS) is 24.2. The van der Waals surface area contributed by atoms with Crippen molar-refractivity contribution in [2.75, 3.05) is 6.54 Å². The molecule has 12 heavy (non-hydrogen) atoms. The summed E-state index contributed by atoms with van der Waals surface area (Å²) in [6, 6.07) is 0.366. The molecule has 0 radical (unpaired) electrons. The molecule has 1 saturated heterocycles. The van der Waals surface area contributed by atoms with Crippen molar-refractivity contribution in [3.8, 4) is 0 Å². The van der Waals surface area contributed by atoms with E-state index in [0.717, 1.165) is 24.4 Å². The fraction of sp³-hybridized carbons (Fsp3) is 0.750. The molecule has 1 atom stereocenters. The first kappa shape index (κ1) is 7.73. The van der Waals surface area contributed by atoms with Crippen LogP contribution in [0.25, 0.3) is 0 Å². The summed E-state index contributed by atoms with van der Waals surface area (Å²) in [5.41, 5.74) is 0.981. The molecule has 1 aliphatic heterocycles. The first-order chi connectivity index (χ1) is 5.88. The van der Waals surface area contributed by atoms with E-state index in [2.05, 4.69) is 15.7 Å². The third-order valence-corrected chi connectivity index (χ3v) is 2.33. The Hall–Kier alpha value is -0.900. The molecule has 1 aliphatic rings. The second-order valence-electron chi connectivity index (χ2n) is 3.22. The molecular formula is C8H13N3O. The molecule has 66 valence electrons. The van der Waals surface area contributed by atoms with Gasteiger partial charge in [-0.3, -0.25) is 0 Å². The third kappa shape index (κ3) is 1.34. The van der Waals surface area contributed by atoms with Gasteiger partial charge in [0.05, 0.1) is 6.04 Å².